The number of oxime groups is 1. The first-order valence-corrected chi connectivity index (χ1v) is 8.00. The van der Waals surface area contributed by atoms with Crippen LogP contribution in [-0.4, -0.2) is 22.4 Å². The summed E-state index contributed by atoms with van der Waals surface area (Å²) in [5.41, 5.74) is -0.343. The Hall–Kier alpha value is -3.42. The molecule has 1 aromatic carbocycles. The maximum Gasteiger partial charge on any atom is 0.337 e. The molecule has 0 aliphatic carbocycles. The van der Waals surface area contributed by atoms with Crippen LogP contribution in [0.25, 0.3) is 11.1 Å². The maximum atomic E-state index is 12.9. The Morgan fingerprint density at radius 3 is 2.62 bits per heavy atom. The highest BCUT2D eigenvalue weighted by Gasteiger charge is 2.16. The van der Waals surface area contributed by atoms with Gasteiger partial charge in [0.25, 0.3) is 5.56 Å². The molecule has 0 saturated carbocycles. The summed E-state index contributed by atoms with van der Waals surface area (Å²) in [6.45, 7) is 1.72. The highest BCUT2D eigenvalue weighted by molar-refractivity contribution is 6.00. The van der Waals surface area contributed by atoms with E-state index < -0.39 is 16.9 Å². The zero-order chi connectivity index (χ0) is 18.7. The van der Waals surface area contributed by atoms with Gasteiger partial charge in [-0.1, -0.05) is 42.4 Å². The van der Waals surface area contributed by atoms with Gasteiger partial charge in [0.05, 0.1) is 6.54 Å². The number of nitrogens with zero attached hydrogens (tertiary/aromatic N) is 2. The molecule has 8 nitrogen and oxygen atoms in total. The SMILES string of the molecule is CCc1cc(=O)oc2[nH]c(=O)n(C/C(=N\OC)c3ccccc3)c(=O)c12. The van der Waals surface area contributed by atoms with E-state index in [1.807, 2.05) is 25.1 Å². The molecule has 8 heteroatoms. The van der Waals surface area contributed by atoms with Crippen molar-refractivity contribution in [1.29, 1.82) is 0 Å². The predicted molar refractivity (Wildman–Crippen MR) is 96.7 cm³/mol. The van der Waals surface area contributed by atoms with Gasteiger partial charge in [-0.3, -0.25) is 14.3 Å². The summed E-state index contributed by atoms with van der Waals surface area (Å²) in [7, 11) is 1.39. The van der Waals surface area contributed by atoms with E-state index in [0.717, 1.165) is 10.1 Å². The minimum Gasteiger partial charge on any atom is -0.405 e. The number of aromatic amines is 1. The van der Waals surface area contributed by atoms with Crippen LogP contribution in [0.4, 0.5) is 0 Å². The molecule has 3 aromatic rings. The number of rotatable bonds is 5. The largest absolute Gasteiger partial charge is 0.405 e. The van der Waals surface area contributed by atoms with Gasteiger partial charge in [0.2, 0.25) is 5.71 Å². The molecule has 0 fully saturated rings. The molecule has 0 unspecified atom stereocenters. The van der Waals surface area contributed by atoms with E-state index in [1.54, 1.807) is 12.1 Å². The summed E-state index contributed by atoms with van der Waals surface area (Å²) in [5.74, 6) is 0. The molecule has 0 atom stereocenters. The second-order valence-electron chi connectivity index (χ2n) is 5.56. The molecule has 2 aromatic heterocycles. The Bertz CT molecular complexity index is 1140. The topological polar surface area (TPSA) is 107 Å². The fraction of sp³-hybridized carbons (Fsp3) is 0.222. The van der Waals surface area contributed by atoms with E-state index in [0.29, 0.717) is 17.7 Å². The number of fused-ring (bicyclic) bond motifs is 1. The van der Waals surface area contributed by atoms with Crippen LogP contribution >= 0.6 is 0 Å². The van der Waals surface area contributed by atoms with Crippen molar-refractivity contribution in [2.75, 3.05) is 7.11 Å². The first kappa shape index (κ1) is 17.4. The second-order valence-corrected chi connectivity index (χ2v) is 5.56. The highest BCUT2D eigenvalue weighted by Crippen LogP contribution is 2.10. The Morgan fingerprint density at radius 2 is 1.96 bits per heavy atom. The number of nitrogens with one attached hydrogen (secondary N) is 1. The van der Waals surface area contributed by atoms with E-state index in [-0.39, 0.29) is 17.6 Å². The Kier molecular flexibility index (Phi) is 4.83. The molecular formula is C18H17N3O5. The van der Waals surface area contributed by atoms with Crippen molar-refractivity contribution in [2.45, 2.75) is 19.9 Å². The van der Waals surface area contributed by atoms with Crippen LogP contribution in [-0.2, 0) is 17.8 Å². The Balaban J connectivity index is 2.21. The second kappa shape index (κ2) is 7.22. The fourth-order valence-electron chi connectivity index (χ4n) is 2.74. The molecule has 0 radical (unpaired) electrons. The van der Waals surface area contributed by atoms with Gasteiger partial charge in [-0.25, -0.2) is 9.59 Å². The van der Waals surface area contributed by atoms with Crippen molar-refractivity contribution in [1.82, 2.24) is 9.55 Å². The first-order chi connectivity index (χ1) is 12.5. The van der Waals surface area contributed by atoms with Crippen LogP contribution in [0.5, 0.6) is 0 Å². The van der Waals surface area contributed by atoms with Gasteiger partial charge in [-0.15, -0.1) is 0 Å². The summed E-state index contributed by atoms with van der Waals surface area (Å²) >= 11 is 0. The fourth-order valence-corrected chi connectivity index (χ4v) is 2.74. The molecule has 26 heavy (non-hydrogen) atoms. The van der Waals surface area contributed by atoms with E-state index >= 15 is 0 Å². The molecule has 0 aliphatic rings. The number of hydrogen-bond donors (Lipinski definition) is 1. The van der Waals surface area contributed by atoms with Gasteiger partial charge in [0.1, 0.15) is 18.2 Å². The zero-order valence-corrected chi connectivity index (χ0v) is 14.3. The molecule has 2 heterocycles. The van der Waals surface area contributed by atoms with Crippen LogP contribution in [0.1, 0.15) is 18.1 Å². The number of aryl methyl sites for hydroxylation is 1. The zero-order valence-electron chi connectivity index (χ0n) is 14.3. The number of benzene rings is 1. The lowest BCUT2D eigenvalue weighted by atomic mass is 10.1. The average molecular weight is 355 g/mol. The van der Waals surface area contributed by atoms with Crippen molar-refractivity contribution in [3.63, 3.8) is 0 Å². The third kappa shape index (κ3) is 3.21. The van der Waals surface area contributed by atoms with E-state index in [2.05, 4.69) is 10.1 Å². The van der Waals surface area contributed by atoms with Crippen molar-refractivity contribution in [3.8, 4) is 0 Å². The Labute approximate surface area is 147 Å². The van der Waals surface area contributed by atoms with Gasteiger partial charge >= 0.3 is 11.3 Å². The standard InChI is InChI=1S/C18H17N3O5/c1-3-11-9-14(22)26-16-15(11)17(23)21(18(24)19-16)10-13(20-25-2)12-7-5-4-6-8-12/h4-9H,3,10H2,1-2H3,(H,19,24)/b20-13+. The summed E-state index contributed by atoms with van der Waals surface area (Å²) in [4.78, 5) is 44.2. The van der Waals surface area contributed by atoms with Crippen LogP contribution in [0, 0.1) is 0 Å². The lowest BCUT2D eigenvalue weighted by Crippen LogP contribution is -2.38. The molecule has 0 bridgehead atoms. The van der Waals surface area contributed by atoms with E-state index in [1.165, 1.54) is 13.2 Å². The van der Waals surface area contributed by atoms with Crippen LogP contribution < -0.4 is 16.9 Å². The lowest BCUT2D eigenvalue weighted by Gasteiger charge is -2.10. The van der Waals surface area contributed by atoms with E-state index in [9.17, 15) is 14.4 Å². The van der Waals surface area contributed by atoms with Crippen molar-refractivity contribution in [2.24, 2.45) is 5.16 Å². The smallest absolute Gasteiger partial charge is 0.337 e. The molecule has 1 N–H and O–H groups in total. The molecule has 0 saturated heterocycles. The van der Waals surface area contributed by atoms with Gasteiger partial charge in [-0.2, -0.15) is 0 Å². The summed E-state index contributed by atoms with van der Waals surface area (Å²) in [5, 5.41) is 4.12. The number of aromatic nitrogens is 2. The van der Waals surface area contributed by atoms with Crippen molar-refractivity contribution < 1.29 is 9.25 Å². The molecule has 134 valence electrons. The average Bonchev–Trinajstić information content (AvgIpc) is 2.63. The maximum absolute atomic E-state index is 12.9. The first-order valence-electron chi connectivity index (χ1n) is 8.00. The van der Waals surface area contributed by atoms with Gasteiger partial charge < -0.3 is 9.25 Å². The molecule has 3 rings (SSSR count). The Morgan fingerprint density at radius 1 is 1.23 bits per heavy atom. The molecular weight excluding hydrogens is 338 g/mol. The number of hydrogen-bond acceptors (Lipinski definition) is 6. The molecule has 0 amide bonds. The quantitative estimate of drug-likeness (QED) is 0.548. The molecule has 0 aliphatic heterocycles. The minimum atomic E-state index is -0.696. The van der Waals surface area contributed by atoms with Crippen LogP contribution in [0.3, 0.4) is 0 Å². The van der Waals surface area contributed by atoms with Crippen LogP contribution in [0.2, 0.25) is 0 Å². The highest BCUT2D eigenvalue weighted by atomic mass is 16.6. The lowest BCUT2D eigenvalue weighted by molar-refractivity contribution is 0.212. The third-order valence-electron chi connectivity index (χ3n) is 3.96. The van der Waals surface area contributed by atoms with Gasteiger partial charge in [0.15, 0.2) is 0 Å². The minimum absolute atomic E-state index is 0.0930. The monoisotopic (exact) mass is 355 g/mol. The third-order valence-corrected chi connectivity index (χ3v) is 3.96. The van der Waals surface area contributed by atoms with Gasteiger partial charge in [-0.05, 0) is 12.0 Å². The van der Waals surface area contributed by atoms with Crippen LogP contribution in [0.15, 0.2) is 60.4 Å². The molecule has 0 spiro atoms. The summed E-state index contributed by atoms with van der Waals surface area (Å²) < 4.78 is 5.98. The summed E-state index contributed by atoms with van der Waals surface area (Å²) in [6, 6.07) is 10.3. The van der Waals surface area contributed by atoms with Crippen molar-refractivity contribution >= 4 is 16.8 Å². The van der Waals surface area contributed by atoms with Gasteiger partial charge in [0, 0.05) is 11.6 Å². The summed E-state index contributed by atoms with van der Waals surface area (Å²) in [6.07, 6.45) is 0.446. The van der Waals surface area contributed by atoms with E-state index in [4.69, 9.17) is 9.25 Å². The predicted octanol–water partition coefficient (Wildman–Crippen LogP) is 1.26. The van der Waals surface area contributed by atoms with Crippen molar-refractivity contribution in [3.05, 3.63) is 78.8 Å². The number of H-pyrrole nitrogens is 1. The normalized spacial score (nSPS) is 11.7.